The normalized spacial score (nSPS) is 10.8. The van der Waals surface area contributed by atoms with Crippen molar-refractivity contribution in [1.82, 2.24) is 15.2 Å². The molecule has 3 rings (SSSR count). The van der Waals surface area contributed by atoms with E-state index in [-0.39, 0.29) is 19.6 Å². The largest absolute Gasteiger partial charge is 0.485 e. The van der Waals surface area contributed by atoms with Crippen LogP contribution in [-0.2, 0) is 29.3 Å². The molecule has 0 saturated heterocycles. The first-order valence-electron chi connectivity index (χ1n) is 11.2. The maximum atomic E-state index is 11.4. The standard InChI is InChI=1S/C26H29N3O6/c30-24(31)15-27-13-14-29(17-25(32)33)16-22-26(35-19-21-9-5-2-6-10-21)23(11-12-28-22)34-18-20-7-3-1-4-8-20/h1-12,27H,13-19H2,(H,30,31)(H,32,33). The van der Waals surface area contributed by atoms with Crippen LogP contribution in [0.15, 0.2) is 72.9 Å². The molecule has 1 heterocycles. The molecule has 3 N–H and O–H groups in total. The lowest BCUT2D eigenvalue weighted by Crippen LogP contribution is -2.37. The van der Waals surface area contributed by atoms with E-state index in [9.17, 15) is 14.7 Å². The van der Waals surface area contributed by atoms with Gasteiger partial charge < -0.3 is 25.0 Å². The SMILES string of the molecule is O=C(O)CNCCN(CC(=O)O)Cc1nccc(OCc2ccccc2)c1OCc1ccccc1. The van der Waals surface area contributed by atoms with Gasteiger partial charge in [-0.3, -0.25) is 19.5 Å². The van der Waals surface area contributed by atoms with Gasteiger partial charge in [0.15, 0.2) is 11.5 Å². The van der Waals surface area contributed by atoms with Crippen LogP contribution in [0, 0.1) is 0 Å². The molecule has 0 aliphatic heterocycles. The molecule has 2 aromatic carbocycles. The van der Waals surface area contributed by atoms with Crippen molar-refractivity contribution in [3.05, 3.63) is 89.7 Å². The highest BCUT2D eigenvalue weighted by Gasteiger charge is 2.18. The van der Waals surface area contributed by atoms with Gasteiger partial charge in [-0.15, -0.1) is 0 Å². The molecule has 0 bridgehead atoms. The van der Waals surface area contributed by atoms with Gasteiger partial charge in [0.1, 0.15) is 18.9 Å². The number of pyridine rings is 1. The zero-order valence-corrected chi connectivity index (χ0v) is 19.3. The van der Waals surface area contributed by atoms with Crippen molar-refractivity contribution < 1.29 is 29.3 Å². The summed E-state index contributed by atoms with van der Waals surface area (Å²) in [5.74, 6) is -1.02. The molecule has 0 aliphatic rings. The van der Waals surface area contributed by atoms with Crippen molar-refractivity contribution >= 4 is 11.9 Å². The van der Waals surface area contributed by atoms with Gasteiger partial charge in [-0.25, -0.2) is 0 Å². The summed E-state index contributed by atoms with van der Waals surface area (Å²) in [5.41, 5.74) is 2.50. The Morgan fingerprint density at radius 2 is 1.49 bits per heavy atom. The molecule has 3 aromatic rings. The van der Waals surface area contributed by atoms with E-state index in [1.165, 1.54) is 0 Å². The molecule has 0 saturated carbocycles. The van der Waals surface area contributed by atoms with Gasteiger partial charge in [-0.05, 0) is 11.1 Å². The Labute approximate surface area is 203 Å². The third-order valence-electron chi connectivity index (χ3n) is 5.02. The van der Waals surface area contributed by atoms with E-state index < -0.39 is 11.9 Å². The first-order chi connectivity index (χ1) is 17.0. The van der Waals surface area contributed by atoms with Crippen molar-refractivity contribution in [1.29, 1.82) is 0 Å². The maximum absolute atomic E-state index is 11.4. The van der Waals surface area contributed by atoms with E-state index in [0.29, 0.717) is 43.5 Å². The highest BCUT2D eigenvalue weighted by Crippen LogP contribution is 2.32. The minimum absolute atomic E-state index is 0.188. The fourth-order valence-corrected chi connectivity index (χ4v) is 3.37. The molecule has 35 heavy (non-hydrogen) atoms. The van der Waals surface area contributed by atoms with E-state index in [0.717, 1.165) is 11.1 Å². The smallest absolute Gasteiger partial charge is 0.317 e. The predicted octanol–water partition coefficient (Wildman–Crippen LogP) is 2.80. The number of rotatable bonds is 15. The number of aromatic nitrogens is 1. The first kappa shape index (κ1) is 25.7. The van der Waals surface area contributed by atoms with Crippen molar-refractivity contribution in [2.75, 3.05) is 26.2 Å². The Balaban J connectivity index is 1.79. The summed E-state index contributed by atoms with van der Waals surface area (Å²) in [6.45, 7) is 1.01. The average Bonchev–Trinajstić information content (AvgIpc) is 2.85. The Hall–Kier alpha value is -3.95. The van der Waals surface area contributed by atoms with Gasteiger partial charge in [0, 0.05) is 31.9 Å². The number of nitrogens with zero attached hydrogens (tertiary/aromatic N) is 2. The summed E-state index contributed by atoms with van der Waals surface area (Å²) in [7, 11) is 0. The van der Waals surface area contributed by atoms with E-state index in [1.807, 2.05) is 60.7 Å². The zero-order valence-electron chi connectivity index (χ0n) is 19.3. The summed E-state index contributed by atoms with van der Waals surface area (Å²) in [4.78, 5) is 28.3. The van der Waals surface area contributed by atoms with Gasteiger partial charge in [0.05, 0.1) is 13.1 Å². The van der Waals surface area contributed by atoms with Crippen molar-refractivity contribution in [2.45, 2.75) is 19.8 Å². The van der Waals surface area contributed by atoms with Crippen LogP contribution < -0.4 is 14.8 Å². The Bertz CT molecular complexity index is 1080. The van der Waals surface area contributed by atoms with Crippen molar-refractivity contribution in [2.24, 2.45) is 0 Å². The Kier molecular flexibility index (Phi) is 10.0. The van der Waals surface area contributed by atoms with Crippen molar-refractivity contribution in [3.8, 4) is 11.5 Å². The lowest BCUT2D eigenvalue weighted by molar-refractivity contribution is -0.139. The molecule has 1 aromatic heterocycles. The fraction of sp³-hybridized carbons (Fsp3) is 0.269. The van der Waals surface area contributed by atoms with E-state index >= 15 is 0 Å². The van der Waals surface area contributed by atoms with Crippen molar-refractivity contribution in [3.63, 3.8) is 0 Å². The van der Waals surface area contributed by atoms with Gasteiger partial charge in [-0.1, -0.05) is 60.7 Å². The number of hydrogen-bond acceptors (Lipinski definition) is 7. The lowest BCUT2D eigenvalue weighted by atomic mass is 10.2. The zero-order chi connectivity index (χ0) is 24.9. The van der Waals surface area contributed by atoms with Gasteiger partial charge >= 0.3 is 11.9 Å². The highest BCUT2D eigenvalue weighted by atomic mass is 16.5. The Morgan fingerprint density at radius 3 is 2.09 bits per heavy atom. The minimum atomic E-state index is -0.994. The number of benzene rings is 2. The molecule has 0 atom stereocenters. The molecular formula is C26H29N3O6. The summed E-state index contributed by atoms with van der Waals surface area (Å²) in [5, 5.41) is 20.9. The summed E-state index contributed by atoms with van der Waals surface area (Å²) >= 11 is 0. The molecule has 9 heteroatoms. The van der Waals surface area contributed by atoms with Crippen LogP contribution in [0.5, 0.6) is 11.5 Å². The van der Waals surface area contributed by atoms with Crippen LogP contribution >= 0.6 is 0 Å². The third-order valence-corrected chi connectivity index (χ3v) is 5.02. The molecule has 0 spiro atoms. The van der Waals surface area contributed by atoms with E-state index in [1.54, 1.807) is 17.2 Å². The number of nitrogens with one attached hydrogen (secondary N) is 1. The average molecular weight is 480 g/mol. The van der Waals surface area contributed by atoms with Crippen LogP contribution in [-0.4, -0.2) is 58.2 Å². The molecular weight excluding hydrogens is 450 g/mol. The maximum Gasteiger partial charge on any atom is 0.317 e. The van der Waals surface area contributed by atoms with Gasteiger partial charge in [0.2, 0.25) is 0 Å². The van der Waals surface area contributed by atoms with Gasteiger partial charge in [-0.2, -0.15) is 0 Å². The lowest BCUT2D eigenvalue weighted by Gasteiger charge is -2.22. The van der Waals surface area contributed by atoms with Crippen LogP contribution in [0.4, 0.5) is 0 Å². The Morgan fingerprint density at radius 1 is 0.857 bits per heavy atom. The number of aliphatic carboxylic acids is 2. The van der Waals surface area contributed by atoms with E-state index in [2.05, 4.69) is 10.3 Å². The second-order valence-corrected chi connectivity index (χ2v) is 7.81. The van der Waals surface area contributed by atoms with E-state index in [4.69, 9.17) is 14.6 Å². The summed E-state index contributed by atoms with van der Waals surface area (Å²) in [6.07, 6.45) is 1.60. The summed E-state index contributed by atoms with van der Waals surface area (Å²) in [6, 6.07) is 21.1. The van der Waals surface area contributed by atoms with Crippen LogP contribution in [0.25, 0.3) is 0 Å². The topological polar surface area (TPSA) is 121 Å². The monoisotopic (exact) mass is 479 g/mol. The molecule has 0 aliphatic carbocycles. The number of carboxylic acids is 2. The molecule has 0 unspecified atom stereocenters. The van der Waals surface area contributed by atoms with Gasteiger partial charge in [0.25, 0.3) is 0 Å². The predicted molar refractivity (Wildman–Crippen MR) is 129 cm³/mol. The minimum Gasteiger partial charge on any atom is -0.485 e. The number of ether oxygens (including phenoxy) is 2. The molecule has 0 amide bonds. The first-order valence-corrected chi connectivity index (χ1v) is 11.2. The third kappa shape index (κ3) is 9.07. The highest BCUT2D eigenvalue weighted by molar-refractivity contribution is 5.69. The second kappa shape index (κ2) is 13.7. The quantitative estimate of drug-likeness (QED) is 0.283. The fourth-order valence-electron chi connectivity index (χ4n) is 3.37. The molecule has 9 nitrogen and oxygen atoms in total. The molecule has 184 valence electrons. The molecule has 0 fully saturated rings. The summed E-state index contributed by atoms with van der Waals surface area (Å²) < 4.78 is 12.2. The van der Waals surface area contributed by atoms with Crippen LogP contribution in [0.3, 0.4) is 0 Å². The molecule has 0 radical (unpaired) electrons. The van der Waals surface area contributed by atoms with Crippen LogP contribution in [0.1, 0.15) is 16.8 Å². The van der Waals surface area contributed by atoms with Crippen LogP contribution in [0.2, 0.25) is 0 Å². The number of carboxylic acid groups (broad SMARTS) is 2. The second-order valence-electron chi connectivity index (χ2n) is 7.81. The number of hydrogen-bond donors (Lipinski definition) is 3. The number of carbonyl (C=O) groups is 2.